The average molecular weight is 290 g/mol. The second kappa shape index (κ2) is 5.13. The quantitative estimate of drug-likeness (QED) is 0.933. The van der Waals surface area contributed by atoms with E-state index in [-0.39, 0.29) is 5.02 Å². The minimum absolute atomic E-state index is 0.0401. The summed E-state index contributed by atoms with van der Waals surface area (Å²) in [5.74, 6) is 0. The van der Waals surface area contributed by atoms with Gasteiger partial charge in [0.25, 0.3) is 0 Å². The van der Waals surface area contributed by atoms with Gasteiger partial charge in [-0.2, -0.15) is 18.3 Å². The number of anilines is 1. The molecular weight excluding hydrogens is 279 g/mol. The molecule has 0 aliphatic rings. The van der Waals surface area contributed by atoms with Crippen molar-refractivity contribution in [1.29, 1.82) is 0 Å². The molecule has 0 saturated heterocycles. The van der Waals surface area contributed by atoms with Crippen LogP contribution >= 0.6 is 11.6 Å². The third-order valence-corrected chi connectivity index (χ3v) is 2.69. The predicted molar refractivity (Wildman–Crippen MR) is 67.0 cm³/mol. The summed E-state index contributed by atoms with van der Waals surface area (Å²) in [7, 11) is 1.77. The van der Waals surface area contributed by atoms with Crippen LogP contribution in [-0.4, -0.2) is 9.78 Å². The van der Waals surface area contributed by atoms with E-state index in [4.69, 9.17) is 11.6 Å². The van der Waals surface area contributed by atoms with Gasteiger partial charge in [0, 0.05) is 24.0 Å². The first-order chi connectivity index (χ1) is 8.84. The zero-order valence-corrected chi connectivity index (χ0v) is 10.8. The van der Waals surface area contributed by atoms with Gasteiger partial charge in [0.2, 0.25) is 0 Å². The number of aryl methyl sites for hydroxylation is 1. The molecule has 1 heterocycles. The number of nitrogens with one attached hydrogen (secondary N) is 1. The number of alkyl halides is 3. The van der Waals surface area contributed by atoms with E-state index < -0.39 is 11.7 Å². The van der Waals surface area contributed by atoms with E-state index in [1.807, 2.05) is 0 Å². The highest BCUT2D eigenvalue weighted by atomic mass is 35.5. The Balaban J connectivity index is 2.14. The van der Waals surface area contributed by atoms with Crippen LogP contribution in [0.1, 0.15) is 11.3 Å². The molecule has 7 heteroatoms. The second-order valence-electron chi connectivity index (χ2n) is 4.06. The van der Waals surface area contributed by atoms with Crippen LogP contribution < -0.4 is 5.32 Å². The van der Waals surface area contributed by atoms with Gasteiger partial charge >= 0.3 is 6.18 Å². The summed E-state index contributed by atoms with van der Waals surface area (Å²) in [5, 5.41) is 7.03. The minimum atomic E-state index is -4.41. The van der Waals surface area contributed by atoms with Gasteiger partial charge < -0.3 is 5.32 Å². The van der Waals surface area contributed by atoms with Gasteiger partial charge in [0.15, 0.2) is 0 Å². The normalized spacial score (nSPS) is 11.6. The first-order valence-corrected chi connectivity index (χ1v) is 5.82. The van der Waals surface area contributed by atoms with Crippen molar-refractivity contribution in [1.82, 2.24) is 9.78 Å². The van der Waals surface area contributed by atoms with Crippen LogP contribution in [0.25, 0.3) is 0 Å². The maximum atomic E-state index is 12.6. The summed E-state index contributed by atoms with van der Waals surface area (Å²) < 4.78 is 39.5. The van der Waals surface area contributed by atoms with E-state index in [0.717, 1.165) is 17.8 Å². The molecule has 1 aromatic heterocycles. The third kappa shape index (κ3) is 3.64. The van der Waals surface area contributed by atoms with Crippen molar-refractivity contribution in [3.8, 4) is 0 Å². The molecule has 0 bridgehead atoms. The highest BCUT2D eigenvalue weighted by Crippen LogP contribution is 2.33. The zero-order valence-electron chi connectivity index (χ0n) is 10.0. The standard InChI is InChI=1S/C12H11ClF3N3/c1-19-3-2-10(18-19)7-17-11-5-8(12(14,15)16)4-9(13)6-11/h2-6,17H,7H2,1H3. The third-order valence-electron chi connectivity index (χ3n) is 2.47. The lowest BCUT2D eigenvalue weighted by Gasteiger charge is -2.11. The highest BCUT2D eigenvalue weighted by molar-refractivity contribution is 6.30. The molecule has 0 spiro atoms. The number of hydrogen-bond donors (Lipinski definition) is 1. The Morgan fingerprint density at radius 2 is 2.05 bits per heavy atom. The van der Waals surface area contributed by atoms with E-state index in [0.29, 0.717) is 12.2 Å². The molecule has 102 valence electrons. The van der Waals surface area contributed by atoms with Crippen LogP contribution in [0.5, 0.6) is 0 Å². The molecule has 2 rings (SSSR count). The fourth-order valence-corrected chi connectivity index (χ4v) is 1.84. The van der Waals surface area contributed by atoms with Crippen molar-refractivity contribution >= 4 is 17.3 Å². The number of halogens is 4. The minimum Gasteiger partial charge on any atom is -0.379 e. The van der Waals surface area contributed by atoms with Crippen LogP contribution in [0.4, 0.5) is 18.9 Å². The Morgan fingerprint density at radius 3 is 2.63 bits per heavy atom. The smallest absolute Gasteiger partial charge is 0.379 e. The van der Waals surface area contributed by atoms with Crippen LogP contribution in [0.3, 0.4) is 0 Å². The lowest BCUT2D eigenvalue weighted by atomic mass is 10.2. The molecule has 0 aliphatic carbocycles. The van der Waals surface area contributed by atoms with E-state index in [1.165, 1.54) is 6.07 Å². The zero-order chi connectivity index (χ0) is 14.0. The van der Waals surface area contributed by atoms with Gasteiger partial charge in [-0.15, -0.1) is 0 Å². The molecule has 0 radical (unpaired) electrons. The maximum Gasteiger partial charge on any atom is 0.416 e. The molecule has 0 aliphatic heterocycles. The number of benzene rings is 1. The summed E-state index contributed by atoms with van der Waals surface area (Å²) in [6.45, 7) is 0.332. The van der Waals surface area contributed by atoms with Gasteiger partial charge in [-0.3, -0.25) is 4.68 Å². The molecule has 0 unspecified atom stereocenters. The summed E-state index contributed by atoms with van der Waals surface area (Å²) in [5.41, 5.74) is 0.269. The van der Waals surface area contributed by atoms with Crippen molar-refractivity contribution < 1.29 is 13.2 Å². The fraction of sp³-hybridized carbons (Fsp3) is 0.250. The summed E-state index contributed by atoms with van der Waals surface area (Å²) in [4.78, 5) is 0. The molecule has 3 nitrogen and oxygen atoms in total. The van der Waals surface area contributed by atoms with E-state index in [1.54, 1.807) is 24.0 Å². The van der Waals surface area contributed by atoms with Gasteiger partial charge in [0.05, 0.1) is 17.8 Å². The lowest BCUT2D eigenvalue weighted by molar-refractivity contribution is -0.137. The van der Waals surface area contributed by atoms with Crippen molar-refractivity contribution in [2.24, 2.45) is 7.05 Å². The Hall–Kier alpha value is -1.69. The largest absolute Gasteiger partial charge is 0.416 e. The Morgan fingerprint density at radius 1 is 1.32 bits per heavy atom. The molecule has 1 aromatic carbocycles. The number of nitrogens with zero attached hydrogens (tertiary/aromatic N) is 2. The lowest BCUT2D eigenvalue weighted by Crippen LogP contribution is -2.07. The molecular formula is C12H11ClF3N3. The van der Waals surface area contributed by atoms with Crippen molar-refractivity contribution in [3.05, 3.63) is 46.7 Å². The van der Waals surface area contributed by atoms with Crippen LogP contribution in [0, 0.1) is 0 Å². The summed E-state index contributed by atoms with van der Waals surface area (Å²) >= 11 is 5.68. The monoisotopic (exact) mass is 289 g/mol. The predicted octanol–water partition coefficient (Wildman–Crippen LogP) is 3.70. The fourth-order valence-electron chi connectivity index (χ4n) is 1.61. The SMILES string of the molecule is Cn1ccc(CNc2cc(Cl)cc(C(F)(F)F)c2)n1. The molecule has 2 aromatic rings. The maximum absolute atomic E-state index is 12.6. The molecule has 0 atom stereocenters. The van der Waals surface area contributed by atoms with Gasteiger partial charge in [-0.05, 0) is 24.3 Å². The number of rotatable bonds is 3. The molecule has 19 heavy (non-hydrogen) atoms. The summed E-state index contributed by atoms with van der Waals surface area (Å²) in [6, 6.07) is 5.14. The highest BCUT2D eigenvalue weighted by Gasteiger charge is 2.31. The number of hydrogen-bond acceptors (Lipinski definition) is 2. The molecule has 0 fully saturated rings. The average Bonchev–Trinajstić information content (AvgIpc) is 2.71. The van der Waals surface area contributed by atoms with Gasteiger partial charge in [-0.25, -0.2) is 0 Å². The summed E-state index contributed by atoms with van der Waals surface area (Å²) in [6.07, 6.45) is -2.65. The number of aromatic nitrogens is 2. The van der Waals surface area contributed by atoms with Gasteiger partial charge in [0.1, 0.15) is 0 Å². The van der Waals surface area contributed by atoms with Crippen molar-refractivity contribution in [3.63, 3.8) is 0 Å². The van der Waals surface area contributed by atoms with Crippen molar-refractivity contribution in [2.45, 2.75) is 12.7 Å². The van der Waals surface area contributed by atoms with Crippen LogP contribution in [-0.2, 0) is 19.8 Å². The van der Waals surface area contributed by atoms with Crippen LogP contribution in [0.15, 0.2) is 30.5 Å². The molecule has 1 N–H and O–H groups in total. The second-order valence-corrected chi connectivity index (χ2v) is 4.50. The van der Waals surface area contributed by atoms with Crippen LogP contribution in [0.2, 0.25) is 5.02 Å². The van der Waals surface area contributed by atoms with E-state index >= 15 is 0 Å². The van der Waals surface area contributed by atoms with E-state index in [9.17, 15) is 13.2 Å². The first kappa shape index (κ1) is 13.7. The van der Waals surface area contributed by atoms with Gasteiger partial charge in [-0.1, -0.05) is 11.6 Å². The topological polar surface area (TPSA) is 29.9 Å². The molecule has 0 amide bonds. The Kier molecular flexibility index (Phi) is 3.71. The van der Waals surface area contributed by atoms with Crippen molar-refractivity contribution in [2.75, 3.05) is 5.32 Å². The Bertz CT molecular complexity index is 578. The molecule has 0 saturated carbocycles. The first-order valence-electron chi connectivity index (χ1n) is 5.45. The van der Waals surface area contributed by atoms with E-state index in [2.05, 4.69) is 10.4 Å². The Labute approximate surface area is 113 Å².